The standard InChI is InChI=1S/C30H18N4S4/c1-5-13-21-17(9-1)31-27(35-21)25(28-32-18-10-2-6-14-22(18)36-28)26(29-33-19-11-3-7-15-23(19)37-29)30-34-20-12-4-8-16-24(20)38-30/h1-16,31,33H/b27-25-,29-26+. The fraction of sp³-hybridized carbons (Fsp3) is 0. The van der Waals surface area contributed by atoms with Gasteiger partial charge in [-0.05, 0) is 48.5 Å². The van der Waals surface area contributed by atoms with Crippen LogP contribution < -0.4 is 10.6 Å². The van der Waals surface area contributed by atoms with E-state index in [9.17, 15) is 0 Å². The fourth-order valence-corrected chi connectivity index (χ4v) is 8.94. The minimum Gasteiger partial charge on any atom is -0.348 e. The van der Waals surface area contributed by atoms with Crippen molar-refractivity contribution in [2.75, 3.05) is 10.6 Å². The summed E-state index contributed by atoms with van der Waals surface area (Å²) in [6.07, 6.45) is 0. The number of aromatic nitrogens is 2. The first kappa shape index (κ1) is 22.4. The van der Waals surface area contributed by atoms with E-state index in [1.54, 1.807) is 46.2 Å². The number of para-hydroxylation sites is 4. The number of nitrogens with zero attached hydrogens (tertiary/aromatic N) is 2. The van der Waals surface area contributed by atoms with Gasteiger partial charge in [-0.1, -0.05) is 72.1 Å². The second kappa shape index (κ2) is 9.03. The van der Waals surface area contributed by atoms with Gasteiger partial charge < -0.3 is 10.6 Å². The van der Waals surface area contributed by atoms with E-state index in [0.29, 0.717) is 0 Å². The van der Waals surface area contributed by atoms with Crippen LogP contribution in [0, 0.1) is 0 Å². The van der Waals surface area contributed by atoms with Crippen LogP contribution in [0.3, 0.4) is 0 Å². The first-order valence-corrected chi connectivity index (χ1v) is 15.4. The fourth-order valence-electron chi connectivity index (χ4n) is 4.65. The van der Waals surface area contributed by atoms with Crippen molar-refractivity contribution in [1.29, 1.82) is 0 Å². The van der Waals surface area contributed by atoms with Crippen molar-refractivity contribution in [3.8, 4) is 0 Å². The summed E-state index contributed by atoms with van der Waals surface area (Å²) in [5, 5.41) is 11.6. The molecule has 6 aromatic rings. The average Bonchev–Trinajstić information content (AvgIpc) is 3.73. The van der Waals surface area contributed by atoms with Gasteiger partial charge in [0.05, 0.1) is 53.0 Å². The van der Waals surface area contributed by atoms with Crippen LogP contribution in [-0.2, 0) is 0 Å². The molecule has 2 aliphatic heterocycles. The zero-order valence-electron chi connectivity index (χ0n) is 19.8. The van der Waals surface area contributed by atoms with Crippen LogP contribution in [0.15, 0.2) is 117 Å². The van der Waals surface area contributed by atoms with E-state index in [0.717, 1.165) is 53.6 Å². The van der Waals surface area contributed by atoms with E-state index in [1.165, 1.54) is 19.2 Å². The summed E-state index contributed by atoms with van der Waals surface area (Å²) in [5.41, 5.74) is 6.42. The van der Waals surface area contributed by atoms with Crippen molar-refractivity contribution >= 4 is 89.2 Å². The van der Waals surface area contributed by atoms with Crippen LogP contribution in [-0.4, -0.2) is 9.97 Å². The molecular weight excluding hydrogens is 545 g/mol. The molecule has 38 heavy (non-hydrogen) atoms. The molecule has 2 aliphatic rings. The van der Waals surface area contributed by atoms with Crippen molar-refractivity contribution in [2.45, 2.75) is 9.79 Å². The van der Waals surface area contributed by atoms with Crippen LogP contribution in [0.5, 0.6) is 0 Å². The summed E-state index contributed by atoms with van der Waals surface area (Å²) in [6, 6.07) is 33.6. The molecular formula is C30H18N4S4. The average molecular weight is 563 g/mol. The molecule has 8 rings (SSSR count). The number of fused-ring (bicyclic) bond motifs is 4. The maximum absolute atomic E-state index is 5.15. The molecule has 0 unspecified atom stereocenters. The monoisotopic (exact) mass is 562 g/mol. The first-order chi connectivity index (χ1) is 18.8. The number of hydrogen-bond donors (Lipinski definition) is 2. The second-order valence-corrected chi connectivity index (χ2v) is 13.0. The Morgan fingerprint density at radius 3 is 1.37 bits per heavy atom. The number of anilines is 2. The SMILES string of the molecule is c1ccc2c(c1)N/C(=C(\C(=C1\Nc3ccccc3S1)c1nc3ccccc3s1)c1nc3ccccc3s1)S2. The third-order valence-corrected chi connectivity index (χ3v) is 10.7. The number of thiazole rings is 2. The number of allylic oxidation sites excluding steroid dienone is 2. The molecule has 0 spiro atoms. The van der Waals surface area contributed by atoms with Crippen molar-refractivity contribution in [3.63, 3.8) is 0 Å². The molecule has 4 nitrogen and oxygen atoms in total. The van der Waals surface area contributed by atoms with E-state index >= 15 is 0 Å². The Kier molecular flexibility index (Phi) is 5.33. The van der Waals surface area contributed by atoms with Gasteiger partial charge in [-0.2, -0.15) is 0 Å². The van der Waals surface area contributed by atoms with E-state index in [2.05, 4.69) is 108 Å². The van der Waals surface area contributed by atoms with Crippen molar-refractivity contribution in [1.82, 2.24) is 9.97 Å². The first-order valence-electron chi connectivity index (χ1n) is 12.1. The molecule has 0 fully saturated rings. The molecule has 0 saturated carbocycles. The van der Waals surface area contributed by atoms with Crippen LogP contribution in [0.4, 0.5) is 11.4 Å². The molecule has 0 aliphatic carbocycles. The normalized spacial score (nSPS) is 16.7. The molecule has 2 aromatic heterocycles. The summed E-state index contributed by atoms with van der Waals surface area (Å²) < 4.78 is 2.34. The topological polar surface area (TPSA) is 49.8 Å². The molecule has 4 heterocycles. The zero-order chi connectivity index (χ0) is 25.1. The van der Waals surface area contributed by atoms with Crippen LogP contribution in [0.2, 0.25) is 0 Å². The number of rotatable bonds is 3. The van der Waals surface area contributed by atoms with E-state index < -0.39 is 0 Å². The highest BCUT2D eigenvalue weighted by Gasteiger charge is 2.31. The Hall–Kier alpha value is -3.56. The summed E-state index contributed by atoms with van der Waals surface area (Å²) in [7, 11) is 0. The van der Waals surface area contributed by atoms with Gasteiger partial charge in [0.15, 0.2) is 0 Å². The van der Waals surface area contributed by atoms with E-state index in [-0.39, 0.29) is 0 Å². The summed E-state index contributed by atoms with van der Waals surface area (Å²) >= 11 is 6.98. The van der Waals surface area contributed by atoms with Gasteiger partial charge in [-0.3, -0.25) is 0 Å². The number of thioether (sulfide) groups is 2. The third kappa shape index (κ3) is 3.75. The van der Waals surface area contributed by atoms with Crippen molar-refractivity contribution in [2.24, 2.45) is 0 Å². The predicted octanol–water partition coefficient (Wildman–Crippen LogP) is 9.38. The van der Waals surface area contributed by atoms with E-state index in [4.69, 9.17) is 9.97 Å². The Balaban J connectivity index is 1.42. The van der Waals surface area contributed by atoms with Gasteiger partial charge >= 0.3 is 0 Å². The predicted molar refractivity (Wildman–Crippen MR) is 165 cm³/mol. The highest BCUT2D eigenvalue weighted by Crippen LogP contribution is 2.53. The van der Waals surface area contributed by atoms with Gasteiger partial charge in [-0.25, -0.2) is 9.97 Å². The molecule has 8 heteroatoms. The van der Waals surface area contributed by atoms with Crippen molar-refractivity contribution < 1.29 is 0 Å². The molecule has 0 atom stereocenters. The lowest BCUT2D eigenvalue weighted by Crippen LogP contribution is -2.03. The van der Waals surface area contributed by atoms with Crippen LogP contribution in [0.25, 0.3) is 31.6 Å². The lowest BCUT2D eigenvalue weighted by molar-refractivity contribution is 1.39. The zero-order valence-corrected chi connectivity index (χ0v) is 23.0. The Labute approximate surface area is 235 Å². The molecule has 0 amide bonds. The molecule has 0 radical (unpaired) electrons. The second-order valence-electron chi connectivity index (χ2n) is 8.83. The molecule has 0 bridgehead atoms. The Bertz CT molecular complexity index is 1690. The molecule has 2 N–H and O–H groups in total. The maximum Gasteiger partial charge on any atom is 0.128 e. The Morgan fingerprint density at radius 1 is 0.500 bits per heavy atom. The summed E-state index contributed by atoms with van der Waals surface area (Å²) in [6.45, 7) is 0. The summed E-state index contributed by atoms with van der Waals surface area (Å²) in [5.74, 6) is 0. The van der Waals surface area contributed by atoms with Gasteiger partial charge in [0.25, 0.3) is 0 Å². The minimum atomic E-state index is 0.981. The Morgan fingerprint density at radius 2 is 0.921 bits per heavy atom. The van der Waals surface area contributed by atoms with Crippen molar-refractivity contribution in [3.05, 3.63) is 117 Å². The number of hydrogen-bond acceptors (Lipinski definition) is 8. The molecule has 182 valence electrons. The maximum atomic E-state index is 5.15. The largest absolute Gasteiger partial charge is 0.348 e. The quantitative estimate of drug-likeness (QED) is 0.224. The third-order valence-electron chi connectivity index (χ3n) is 6.41. The van der Waals surface area contributed by atoms with Gasteiger partial charge in [0.1, 0.15) is 10.0 Å². The minimum absolute atomic E-state index is 0.981. The summed E-state index contributed by atoms with van der Waals surface area (Å²) in [4.78, 5) is 12.7. The van der Waals surface area contributed by atoms with Gasteiger partial charge in [0, 0.05) is 9.79 Å². The van der Waals surface area contributed by atoms with Crippen LogP contribution >= 0.6 is 46.2 Å². The lowest BCUT2D eigenvalue weighted by Gasteiger charge is -2.15. The van der Waals surface area contributed by atoms with Crippen LogP contribution in [0.1, 0.15) is 10.0 Å². The van der Waals surface area contributed by atoms with Gasteiger partial charge in [0.2, 0.25) is 0 Å². The molecule has 4 aromatic carbocycles. The highest BCUT2D eigenvalue weighted by molar-refractivity contribution is 8.04. The lowest BCUT2D eigenvalue weighted by atomic mass is 10.1. The highest BCUT2D eigenvalue weighted by atomic mass is 32.2. The molecule has 0 saturated heterocycles. The number of nitrogens with one attached hydrogen (secondary N) is 2. The number of benzene rings is 4. The van der Waals surface area contributed by atoms with Gasteiger partial charge in [-0.15, -0.1) is 22.7 Å². The van der Waals surface area contributed by atoms with E-state index in [1.807, 2.05) is 0 Å². The smallest absolute Gasteiger partial charge is 0.128 e.